The molecule has 3 aromatic rings. The van der Waals surface area contributed by atoms with Gasteiger partial charge in [0, 0.05) is 4.47 Å². The van der Waals surface area contributed by atoms with E-state index in [2.05, 4.69) is 15.9 Å². The Labute approximate surface area is 161 Å². The van der Waals surface area contributed by atoms with Crippen molar-refractivity contribution in [2.75, 3.05) is 7.11 Å². The van der Waals surface area contributed by atoms with Crippen LogP contribution in [-0.4, -0.2) is 13.1 Å². The number of benzene rings is 3. The van der Waals surface area contributed by atoms with Gasteiger partial charge in [0.05, 0.1) is 12.7 Å². The van der Waals surface area contributed by atoms with Gasteiger partial charge in [-0.25, -0.2) is 4.79 Å². The number of halogens is 1. The fraction of sp³-hybridized carbons (Fsp3) is 0.0455. The van der Waals surface area contributed by atoms with Gasteiger partial charge >= 0.3 is 5.97 Å². The van der Waals surface area contributed by atoms with Crippen LogP contribution in [0.3, 0.4) is 0 Å². The smallest absolute Gasteiger partial charge is 0.343 e. The molecule has 0 spiro atoms. The van der Waals surface area contributed by atoms with Crippen LogP contribution in [0.2, 0.25) is 0 Å². The van der Waals surface area contributed by atoms with E-state index in [1.165, 1.54) is 0 Å². The molecule has 0 atom stereocenters. The largest absolute Gasteiger partial charge is 0.493 e. The average Bonchev–Trinajstić information content (AvgIpc) is 2.68. The third-order valence-corrected chi connectivity index (χ3v) is 4.27. The van der Waals surface area contributed by atoms with E-state index in [9.17, 15) is 4.79 Å². The molecule has 0 unspecified atom stereocenters. The van der Waals surface area contributed by atoms with E-state index in [1.807, 2.05) is 54.6 Å². The lowest BCUT2D eigenvalue weighted by atomic mass is 10.1. The Morgan fingerprint density at radius 3 is 2.23 bits per heavy atom. The molecule has 0 aliphatic carbocycles. The minimum atomic E-state index is -0.427. The van der Waals surface area contributed by atoms with E-state index in [4.69, 9.17) is 9.47 Å². The summed E-state index contributed by atoms with van der Waals surface area (Å²) in [6.07, 6.45) is 4.00. The Morgan fingerprint density at radius 1 is 0.846 bits per heavy atom. The van der Waals surface area contributed by atoms with E-state index in [0.717, 1.165) is 15.6 Å². The van der Waals surface area contributed by atoms with Crippen LogP contribution in [0, 0.1) is 0 Å². The van der Waals surface area contributed by atoms with Gasteiger partial charge in [-0.1, -0.05) is 64.5 Å². The summed E-state index contributed by atoms with van der Waals surface area (Å²) in [4.78, 5) is 12.3. The number of hydrogen-bond donors (Lipinski definition) is 0. The topological polar surface area (TPSA) is 35.5 Å². The molecule has 0 amide bonds. The highest BCUT2D eigenvalue weighted by Gasteiger charge is 2.12. The Balaban J connectivity index is 1.77. The van der Waals surface area contributed by atoms with Gasteiger partial charge in [-0.05, 0) is 47.5 Å². The van der Waals surface area contributed by atoms with E-state index in [0.29, 0.717) is 17.1 Å². The number of esters is 1. The van der Waals surface area contributed by atoms with Crippen LogP contribution in [0.1, 0.15) is 21.5 Å². The molecule has 3 rings (SSSR count). The molecule has 0 radical (unpaired) electrons. The summed E-state index contributed by atoms with van der Waals surface area (Å²) in [6, 6.07) is 22.5. The summed E-state index contributed by atoms with van der Waals surface area (Å²) < 4.78 is 11.8. The molecule has 130 valence electrons. The predicted octanol–water partition coefficient (Wildman–Crippen LogP) is 5.85. The van der Waals surface area contributed by atoms with Crippen molar-refractivity contribution in [3.63, 3.8) is 0 Å². The molecule has 4 heteroatoms. The number of rotatable bonds is 5. The maximum absolute atomic E-state index is 12.3. The monoisotopic (exact) mass is 408 g/mol. The summed E-state index contributed by atoms with van der Waals surface area (Å²) in [5, 5.41) is 0. The fourth-order valence-corrected chi connectivity index (χ4v) is 2.64. The maximum atomic E-state index is 12.3. The second-order valence-electron chi connectivity index (χ2n) is 5.55. The number of carbonyl (C=O) groups is 1. The van der Waals surface area contributed by atoms with Gasteiger partial charge in [-0.3, -0.25) is 0 Å². The molecule has 0 saturated carbocycles. The molecular weight excluding hydrogens is 392 g/mol. The molecule has 0 N–H and O–H groups in total. The van der Waals surface area contributed by atoms with Gasteiger partial charge in [0.1, 0.15) is 0 Å². The van der Waals surface area contributed by atoms with Crippen LogP contribution >= 0.6 is 15.9 Å². The fourth-order valence-electron chi connectivity index (χ4n) is 2.37. The zero-order chi connectivity index (χ0) is 18.4. The molecule has 26 heavy (non-hydrogen) atoms. The summed E-state index contributed by atoms with van der Waals surface area (Å²) in [7, 11) is 1.55. The minimum Gasteiger partial charge on any atom is -0.493 e. The second kappa shape index (κ2) is 8.50. The van der Waals surface area contributed by atoms with Crippen LogP contribution in [0.15, 0.2) is 77.3 Å². The number of carbonyl (C=O) groups excluding carboxylic acids is 1. The van der Waals surface area contributed by atoms with E-state index in [-0.39, 0.29) is 0 Å². The molecule has 0 aliphatic heterocycles. The lowest BCUT2D eigenvalue weighted by Crippen LogP contribution is -2.09. The van der Waals surface area contributed by atoms with E-state index < -0.39 is 5.97 Å². The molecule has 0 bridgehead atoms. The van der Waals surface area contributed by atoms with Crippen molar-refractivity contribution in [2.45, 2.75) is 0 Å². The third-order valence-electron chi connectivity index (χ3n) is 3.74. The van der Waals surface area contributed by atoms with Crippen LogP contribution in [-0.2, 0) is 0 Å². The van der Waals surface area contributed by atoms with Crippen molar-refractivity contribution >= 4 is 34.1 Å². The van der Waals surface area contributed by atoms with Crippen LogP contribution < -0.4 is 9.47 Å². The quantitative estimate of drug-likeness (QED) is 0.301. The molecule has 0 aromatic heterocycles. The van der Waals surface area contributed by atoms with Crippen molar-refractivity contribution in [2.24, 2.45) is 0 Å². The lowest BCUT2D eigenvalue weighted by Gasteiger charge is -2.10. The molecule has 0 heterocycles. The van der Waals surface area contributed by atoms with Gasteiger partial charge in [0.15, 0.2) is 11.5 Å². The molecule has 3 aromatic carbocycles. The Hall–Kier alpha value is -2.85. The van der Waals surface area contributed by atoms with E-state index in [1.54, 1.807) is 37.4 Å². The van der Waals surface area contributed by atoms with Gasteiger partial charge in [0.2, 0.25) is 0 Å². The summed E-state index contributed by atoms with van der Waals surface area (Å²) in [6.45, 7) is 0. The zero-order valence-electron chi connectivity index (χ0n) is 14.2. The van der Waals surface area contributed by atoms with Crippen molar-refractivity contribution in [1.29, 1.82) is 0 Å². The number of hydrogen-bond acceptors (Lipinski definition) is 3. The Bertz CT molecular complexity index is 916. The maximum Gasteiger partial charge on any atom is 0.343 e. The van der Waals surface area contributed by atoms with Crippen LogP contribution in [0.25, 0.3) is 12.2 Å². The molecule has 3 nitrogen and oxygen atoms in total. The second-order valence-corrected chi connectivity index (χ2v) is 6.47. The summed E-state index contributed by atoms with van der Waals surface area (Å²) in [5.41, 5.74) is 2.54. The normalized spacial score (nSPS) is 10.7. The Kier molecular flexibility index (Phi) is 5.87. The SMILES string of the molecule is COc1cc(/C=C/c2ccccc2)ccc1OC(=O)c1ccc(Br)cc1. The van der Waals surface area contributed by atoms with Gasteiger partial charge < -0.3 is 9.47 Å². The Morgan fingerprint density at radius 2 is 1.54 bits per heavy atom. The molecule has 0 aliphatic rings. The predicted molar refractivity (Wildman–Crippen MR) is 107 cm³/mol. The highest BCUT2D eigenvalue weighted by atomic mass is 79.9. The molecule has 0 fully saturated rings. The first kappa shape index (κ1) is 18.0. The van der Waals surface area contributed by atoms with Gasteiger partial charge in [-0.15, -0.1) is 0 Å². The third kappa shape index (κ3) is 4.61. The molecule has 0 saturated heterocycles. The first-order valence-corrected chi connectivity index (χ1v) is 8.84. The highest BCUT2D eigenvalue weighted by Crippen LogP contribution is 2.29. The first-order chi connectivity index (χ1) is 12.7. The van der Waals surface area contributed by atoms with Crippen LogP contribution in [0.4, 0.5) is 0 Å². The van der Waals surface area contributed by atoms with Gasteiger partial charge in [0.25, 0.3) is 0 Å². The minimum absolute atomic E-state index is 0.386. The van der Waals surface area contributed by atoms with Crippen LogP contribution in [0.5, 0.6) is 11.5 Å². The lowest BCUT2D eigenvalue weighted by molar-refractivity contribution is 0.0729. The van der Waals surface area contributed by atoms with Crippen molar-refractivity contribution in [3.05, 3.63) is 94.0 Å². The van der Waals surface area contributed by atoms with Crippen molar-refractivity contribution < 1.29 is 14.3 Å². The summed E-state index contributed by atoms with van der Waals surface area (Å²) in [5.74, 6) is 0.464. The zero-order valence-corrected chi connectivity index (χ0v) is 15.8. The standard InChI is InChI=1S/C22H17BrO3/c1-25-21-15-17(8-7-16-5-3-2-4-6-16)9-14-20(21)26-22(24)18-10-12-19(23)13-11-18/h2-15H,1H3/b8-7+. The van der Waals surface area contributed by atoms with E-state index >= 15 is 0 Å². The van der Waals surface area contributed by atoms with Gasteiger partial charge in [-0.2, -0.15) is 0 Å². The number of ether oxygens (including phenoxy) is 2. The first-order valence-electron chi connectivity index (χ1n) is 8.04. The average molecular weight is 409 g/mol. The van der Waals surface area contributed by atoms with Crippen molar-refractivity contribution in [1.82, 2.24) is 0 Å². The molecular formula is C22H17BrO3. The number of methoxy groups -OCH3 is 1. The van der Waals surface area contributed by atoms with Crippen molar-refractivity contribution in [3.8, 4) is 11.5 Å². The highest BCUT2D eigenvalue weighted by molar-refractivity contribution is 9.10. The summed E-state index contributed by atoms with van der Waals surface area (Å²) >= 11 is 3.35.